The van der Waals surface area contributed by atoms with E-state index in [1.807, 2.05) is 48.5 Å². The van der Waals surface area contributed by atoms with Crippen LogP contribution in [0.4, 0.5) is 0 Å². The van der Waals surface area contributed by atoms with Gasteiger partial charge in [0.1, 0.15) is 0 Å². The molecule has 2 aromatic carbocycles. The summed E-state index contributed by atoms with van der Waals surface area (Å²) in [5.41, 5.74) is 1.43. The van der Waals surface area contributed by atoms with Gasteiger partial charge in [-0.2, -0.15) is 0 Å². The molecule has 1 heterocycles. The molecular weight excluding hydrogens is 372 g/mol. The quantitative estimate of drug-likeness (QED) is 0.382. The van der Waals surface area contributed by atoms with Crippen molar-refractivity contribution in [2.75, 3.05) is 6.61 Å². The molecular formula is C22H24N2O3S. The lowest BCUT2D eigenvalue weighted by atomic mass is 10.0. The van der Waals surface area contributed by atoms with Crippen molar-refractivity contribution in [3.63, 3.8) is 0 Å². The zero-order valence-electron chi connectivity index (χ0n) is 15.9. The number of esters is 1. The van der Waals surface area contributed by atoms with E-state index in [4.69, 9.17) is 4.74 Å². The Labute approximate surface area is 168 Å². The van der Waals surface area contributed by atoms with Crippen molar-refractivity contribution >= 4 is 17.7 Å². The third-order valence-electron chi connectivity index (χ3n) is 4.31. The van der Waals surface area contributed by atoms with Gasteiger partial charge in [0, 0.05) is 21.4 Å². The number of carbonyl (C=O) groups excluding carboxylic acids is 1. The fourth-order valence-corrected chi connectivity index (χ4v) is 3.74. The highest BCUT2D eigenvalue weighted by atomic mass is 32.2. The van der Waals surface area contributed by atoms with Gasteiger partial charge in [-0.25, -0.2) is 4.79 Å². The first-order valence-corrected chi connectivity index (χ1v) is 10.3. The highest BCUT2D eigenvalue weighted by Crippen LogP contribution is 2.32. The van der Waals surface area contributed by atoms with Gasteiger partial charge < -0.3 is 4.74 Å². The maximum atomic E-state index is 12.7. The number of unbranched alkanes of at least 4 members (excludes halogenated alkanes) is 3. The van der Waals surface area contributed by atoms with Gasteiger partial charge in [0.05, 0.1) is 17.9 Å². The number of nitrogens with one attached hydrogen (secondary N) is 2. The molecule has 0 bridgehead atoms. The molecule has 0 aliphatic carbocycles. The van der Waals surface area contributed by atoms with Gasteiger partial charge in [0.25, 0.3) is 5.56 Å². The van der Waals surface area contributed by atoms with Crippen LogP contribution in [0.1, 0.15) is 43.0 Å². The Kier molecular flexibility index (Phi) is 7.14. The van der Waals surface area contributed by atoms with Gasteiger partial charge >= 0.3 is 5.97 Å². The monoisotopic (exact) mass is 396 g/mol. The molecule has 0 aliphatic heterocycles. The molecule has 0 atom stereocenters. The van der Waals surface area contributed by atoms with Crippen molar-refractivity contribution in [3.05, 3.63) is 70.5 Å². The van der Waals surface area contributed by atoms with Crippen LogP contribution in [0.15, 0.2) is 69.2 Å². The number of benzene rings is 2. The molecule has 3 aromatic rings. The Balaban J connectivity index is 1.83. The molecule has 5 nitrogen and oxygen atoms in total. The topological polar surface area (TPSA) is 75.0 Å². The number of aromatic nitrogens is 2. The smallest absolute Gasteiger partial charge is 0.338 e. The second-order valence-electron chi connectivity index (χ2n) is 6.49. The molecule has 0 saturated carbocycles. The summed E-state index contributed by atoms with van der Waals surface area (Å²) in [7, 11) is 0. The van der Waals surface area contributed by atoms with E-state index in [0.29, 0.717) is 23.4 Å². The molecule has 0 saturated heterocycles. The molecule has 0 amide bonds. The third-order valence-corrected chi connectivity index (χ3v) is 5.30. The van der Waals surface area contributed by atoms with E-state index in [2.05, 4.69) is 17.1 Å². The van der Waals surface area contributed by atoms with Crippen LogP contribution >= 0.6 is 11.8 Å². The van der Waals surface area contributed by atoms with Crippen LogP contribution in [0.5, 0.6) is 0 Å². The van der Waals surface area contributed by atoms with Gasteiger partial charge in [0.15, 0.2) is 0 Å². The Bertz CT molecular complexity index is 963. The first kappa shape index (κ1) is 20.0. The Hall–Kier alpha value is -2.73. The first-order valence-electron chi connectivity index (χ1n) is 9.49. The first-order chi connectivity index (χ1) is 13.7. The van der Waals surface area contributed by atoms with Crippen molar-refractivity contribution in [1.82, 2.24) is 10.2 Å². The van der Waals surface area contributed by atoms with Crippen molar-refractivity contribution in [2.45, 2.75) is 42.4 Å². The number of rotatable bonds is 9. The number of hydrogen-bond acceptors (Lipinski definition) is 4. The van der Waals surface area contributed by atoms with Gasteiger partial charge in [0.2, 0.25) is 0 Å². The van der Waals surface area contributed by atoms with Crippen LogP contribution in [0, 0.1) is 0 Å². The summed E-state index contributed by atoms with van der Waals surface area (Å²) in [6.07, 6.45) is 4.17. The van der Waals surface area contributed by atoms with Crippen molar-refractivity contribution in [1.29, 1.82) is 0 Å². The van der Waals surface area contributed by atoms with E-state index in [1.165, 1.54) is 6.07 Å². The van der Waals surface area contributed by atoms with Crippen molar-refractivity contribution in [3.8, 4) is 11.3 Å². The maximum Gasteiger partial charge on any atom is 0.338 e. The lowest BCUT2D eigenvalue weighted by Crippen LogP contribution is -2.08. The van der Waals surface area contributed by atoms with Crippen LogP contribution in [0.2, 0.25) is 0 Å². The summed E-state index contributed by atoms with van der Waals surface area (Å²) in [4.78, 5) is 26.3. The summed E-state index contributed by atoms with van der Waals surface area (Å²) in [5.74, 6) is -0.371. The minimum absolute atomic E-state index is 0.239. The normalized spacial score (nSPS) is 10.8. The third kappa shape index (κ3) is 5.39. The highest BCUT2D eigenvalue weighted by Gasteiger charge is 2.17. The van der Waals surface area contributed by atoms with Gasteiger partial charge in [-0.15, -0.1) is 0 Å². The number of ether oxygens (including phenoxy) is 1. The number of H-pyrrole nitrogens is 2. The average Bonchev–Trinajstić information content (AvgIpc) is 3.14. The lowest BCUT2D eigenvalue weighted by molar-refractivity contribution is 0.0498. The van der Waals surface area contributed by atoms with Crippen molar-refractivity contribution < 1.29 is 9.53 Å². The molecule has 0 aliphatic rings. The van der Waals surface area contributed by atoms with Crippen LogP contribution < -0.4 is 5.56 Å². The average molecular weight is 397 g/mol. The summed E-state index contributed by atoms with van der Waals surface area (Å²) >= 11 is 1.58. The van der Waals surface area contributed by atoms with E-state index in [9.17, 15) is 9.59 Å². The fourth-order valence-electron chi connectivity index (χ4n) is 2.86. The molecule has 28 heavy (non-hydrogen) atoms. The van der Waals surface area contributed by atoms with E-state index < -0.39 is 0 Å². The number of carbonyl (C=O) groups is 1. The molecule has 3 rings (SSSR count). The second-order valence-corrected chi connectivity index (χ2v) is 7.64. The Morgan fingerprint density at radius 3 is 2.50 bits per heavy atom. The molecule has 2 N–H and O–H groups in total. The summed E-state index contributed by atoms with van der Waals surface area (Å²) in [6, 6.07) is 17.0. The number of hydrogen-bond donors (Lipinski definition) is 2. The second kappa shape index (κ2) is 9.99. The predicted octanol–water partition coefficient (Wildman–Crippen LogP) is 5.26. The van der Waals surface area contributed by atoms with E-state index in [0.717, 1.165) is 35.5 Å². The van der Waals surface area contributed by atoms with Crippen LogP contribution in [-0.2, 0) is 4.74 Å². The van der Waals surface area contributed by atoms with E-state index >= 15 is 0 Å². The Morgan fingerprint density at radius 1 is 0.964 bits per heavy atom. The summed E-state index contributed by atoms with van der Waals surface area (Å²) in [5, 5.41) is 5.33. The highest BCUT2D eigenvalue weighted by molar-refractivity contribution is 7.99. The van der Waals surface area contributed by atoms with Gasteiger partial charge in [-0.3, -0.25) is 15.0 Å². The van der Waals surface area contributed by atoms with E-state index in [1.54, 1.807) is 11.8 Å². The lowest BCUT2D eigenvalue weighted by Gasteiger charge is -2.11. The van der Waals surface area contributed by atoms with Crippen LogP contribution in [0.3, 0.4) is 0 Å². The number of aromatic amines is 2. The van der Waals surface area contributed by atoms with Gasteiger partial charge in [-0.05, 0) is 30.7 Å². The summed E-state index contributed by atoms with van der Waals surface area (Å²) in [6.45, 7) is 2.55. The fraction of sp³-hybridized carbons (Fsp3) is 0.273. The molecule has 0 unspecified atom stereocenters. The molecule has 0 fully saturated rings. The predicted molar refractivity (Wildman–Crippen MR) is 112 cm³/mol. The van der Waals surface area contributed by atoms with Crippen LogP contribution in [-0.4, -0.2) is 22.8 Å². The minimum Gasteiger partial charge on any atom is -0.462 e. The largest absolute Gasteiger partial charge is 0.462 e. The van der Waals surface area contributed by atoms with Crippen LogP contribution in [0.25, 0.3) is 11.3 Å². The molecule has 6 heteroatoms. The summed E-state index contributed by atoms with van der Waals surface area (Å²) < 4.78 is 5.50. The van der Waals surface area contributed by atoms with E-state index in [-0.39, 0.29) is 11.5 Å². The standard InChI is InChI=1S/C22H24N2O3S/c1-2-3-4-8-13-27-22(26)19-14-17(28-16-9-6-5-7-10-16)11-12-18(19)20-15-21(25)24-23-20/h5-7,9-12,14-15H,2-4,8,13H2,1H3,(H2,23,24,25). The zero-order chi connectivity index (χ0) is 19.8. The zero-order valence-corrected chi connectivity index (χ0v) is 16.7. The Morgan fingerprint density at radius 2 is 1.79 bits per heavy atom. The SMILES string of the molecule is CCCCCCOC(=O)c1cc(Sc2ccccc2)ccc1-c1cc(=O)[nH][nH]1. The molecule has 0 spiro atoms. The molecule has 1 aromatic heterocycles. The molecule has 146 valence electrons. The van der Waals surface area contributed by atoms with Crippen molar-refractivity contribution in [2.24, 2.45) is 0 Å². The molecule has 0 radical (unpaired) electrons. The van der Waals surface area contributed by atoms with Gasteiger partial charge in [-0.1, -0.05) is 62.2 Å². The minimum atomic E-state index is -0.371. The maximum absolute atomic E-state index is 12.7.